The van der Waals surface area contributed by atoms with E-state index in [0.717, 1.165) is 0 Å². The van der Waals surface area contributed by atoms with Crippen LogP contribution in [0.3, 0.4) is 0 Å². The molecule has 1 aliphatic carbocycles. The normalized spacial score (nSPS) is 24.7. The molecule has 0 aliphatic heterocycles. The third kappa shape index (κ3) is 5.47. The predicted molar refractivity (Wildman–Crippen MR) is 61.7 cm³/mol. The van der Waals surface area contributed by atoms with Crippen LogP contribution in [-0.4, -0.2) is 35.6 Å². The smallest absolute Gasteiger partial charge is 0.391 e. The molecule has 0 aromatic heterocycles. The molecule has 0 radical (unpaired) electrons. The Hall–Kier alpha value is -1.41. The van der Waals surface area contributed by atoms with Crippen molar-refractivity contribution in [3.05, 3.63) is 0 Å². The van der Waals surface area contributed by atoms with Gasteiger partial charge >= 0.3 is 12.1 Å². The van der Waals surface area contributed by atoms with E-state index in [2.05, 4.69) is 0 Å². The maximum Gasteiger partial charge on any atom is 0.391 e. The molecule has 122 valence electrons. The lowest BCUT2D eigenvalue weighted by Crippen LogP contribution is -2.46. The van der Waals surface area contributed by atoms with Gasteiger partial charge in [0.1, 0.15) is 6.04 Å². The Bertz CT molecular complexity index is 386. The number of nitrogens with one attached hydrogen (secondary N) is 1. The molecule has 0 heterocycles. The van der Waals surface area contributed by atoms with Gasteiger partial charge in [0.15, 0.2) is 0 Å². The highest BCUT2D eigenvalue weighted by Gasteiger charge is 2.44. The third-order valence-corrected chi connectivity index (χ3v) is 3.54. The van der Waals surface area contributed by atoms with Crippen LogP contribution >= 0.6 is 0 Å². The molecule has 3 unspecified atom stereocenters. The summed E-state index contributed by atoms with van der Waals surface area (Å²) in [6, 6.07) is -1.79. The summed E-state index contributed by atoms with van der Waals surface area (Å²) < 4.78 is 62.2. The quantitative estimate of drug-likeness (QED) is 0.766. The number of carbonyl (C=O) groups excluding carboxylic acids is 1. The molecule has 1 fully saturated rings. The first-order valence-corrected chi connectivity index (χ1v) is 6.49. The molecule has 0 aromatic rings. The molecule has 21 heavy (non-hydrogen) atoms. The Morgan fingerprint density at radius 1 is 1.24 bits per heavy atom. The van der Waals surface area contributed by atoms with Gasteiger partial charge in [-0.3, -0.25) is 4.79 Å². The third-order valence-electron chi connectivity index (χ3n) is 3.54. The summed E-state index contributed by atoms with van der Waals surface area (Å²) in [4.78, 5) is 22.5. The maximum atomic E-state index is 12.6. The molecule has 1 amide bonds. The molecular weight excluding hydrogens is 301 g/mol. The number of hydrogen-bond donors (Lipinski definition) is 2. The van der Waals surface area contributed by atoms with E-state index in [4.69, 9.17) is 5.11 Å². The van der Waals surface area contributed by atoms with Crippen LogP contribution in [0.2, 0.25) is 0 Å². The number of halogens is 5. The summed E-state index contributed by atoms with van der Waals surface area (Å²) in [6.45, 7) is 0. The molecule has 4 nitrogen and oxygen atoms in total. The highest BCUT2D eigenvalue weighted by atomic mass is 19.4. The van der Waals surface area contributed by atoms with Crippen molar-refractivity contribution in [1.82, 2.24) is 5.32 Å². The molecule has 0 aromatic carbocycles. The van der Waals surface area contributed by atoms with E-state index in [-0.39, 0.29) is 19.3 Å². The first-order chi connectivity index (χ1) is 9.61. The standard InChI is InChI=1S/C12H16F5NO3/c13-9(14)5-8(11(20)21)18-10(19)6-2-1-3-7(4-6)12(15,16)17/h6-9H,1-5H2,(H,18,19)(H,20,21). The van der Waals surface area contributed by atoms with Crippen molar-refractivity contribution in [3.8, 4) is 0 Å². The second-order valence-corrected chi connectivity index (χ2v) is 5.13. The Labute approximate surface area is 117 Å². The lowest BCUT2D eigenvalue weighted by molar-refractivity contribution is -0.186. The van der Waals surface area contributed by atoms with E-state index in [1.54, 1.807) is 0 Å². The van der Waals surface area contributed by atoms with E-state index >= 15 is 0 Å². The summed E-state index contributed by atoms with van der Waals surface area (Å²) in [5.41, 5.74) is 0. The first-order valence-electron chi connectivity index (χ1n) is 6.49. The molecule has 0 saturated heterocycles. The van der Waals surface area contributed by atoms with Crippen molar-refractivity contribution in [2.45, 2.75) is 50.7 Å². The minimum Gasteiger partial charge on any atom is -0.480 e. The van der Waals surface area contributed by atoms with Gasteiger partial charge in [0, 0.05) is 12.3 Å². The number of carboxylic acid groups (broad SMARTS) is 1. The van der Waals surface area contributed by atoms with Crippen LogP contribution in [0.25, 0.3) is 0 Å². The van der Waals surface area contributed by atoms with Crippen LogP contribution in [0.4, 0.5) is 22.0 Å². The van der Waals surface area contributed by atoms with E-state index in [9.17, 15) is 31.5 Å². The van der Waals surface area contributed by atoms with Gasteiger partial charge in [-0.2, -0.15) is 13.2 Å². The highest BCUT2D eigenvalue weighted by molar-refractivity contribution is 5.85. The molecule has 2 N–H and O–H groups in total. The molecule has 1 aliphatic rings. The number of carboxylic acids is 1. The first kappa shape index (κ1) is 17.6. The number of hydrogen-bond acceptors (Lipinski definition) is 2. The van der Waals surface area contributed by atoms with Crippen molar-refractivity contribution >= 4 is 11.9 Å². The summed E-state index contributed by atoms with van der Waals surface area (Å²) >= 11 is 0. The monoisotopic (exact) mass is 317 g/mol. The molecular formula is C12H16F5NO3. The van der Waals surface area contributed by atoms with Gasteiger partial charge in [-0.1, -0.05) is 6.42 Å². The molecule has 0 spiro atoms. The van der Waals surface area contributed by atoms with E-state index < -0.39 is 55.2 Å². The van der Waals surface area contributed by atoms with E-state index in [1.165, 1.54) is 0 Å². The van der Waals surface area contributed by atoms with Gasteiger partial charge < -0.3 is 10.4 Å². The maximum absolute atomic E-state index is 12.6. The summed E-state index contributed by atoms with van der Waals surface area (Å²) in [7, 11) is 0. The molecule has 3 atom stereocenters. The zero-order chi connectivity index (χ0) is 16.2. The minimum atomic E-state index is -4.41. The molecule has 1 saturated carbocycles. The highest BCUT2D eigenvalue weighted by Crippen LogP contribution is 2.39. The van der Waals surface area contributed by atoms with Gasteiger partial charge in [0.25, 0.3) is 0 Å². The van der Waals surface area contributed by atoms with Crippen molar-refractivity contribution < 1.29 is 36.6 Å². The van der Waals surface area contributed by atoms with Crippen LogP contribution in [0.15, 0.2) is 0 Å². The summed E-state index contributed by atoms with van der Waals surface area (Å²) in [6.07, 6.45) is -8.54. The van der Waals surface area contributed by atoms with Crippen molar-refractivity contribution in [2.75, 3.05) is 0 Å². The fourth-order valence-electron chi connectivity index (χ4n) is 2.41. The zero-order valence-electron chi connectivity index (χ0n) is 11.0. The summed E-state index contributed by atoms with van der Waals surface area (Å²) in [5.74, 6) is -5.14. The van der Waals surface area contributed by atoms with Crippen molar-refractivity contribution in [2.24, 2.45) is 11.8 Å². The van der Waals surface area contributed by atoms with Crippen LogP contribution in [0.5, 0.6) is 0 Å². The van der Waals surface area contributed by atoms with Crippen LogP contribution in [0, 0.1) is 11.8 Å². The number of amides is 1. The number of rotatable bonds is 5. The SMILES string of the molecule is O=C(NC(CC(F)F)C(=O)O)C1CCCC(C(F)(F)F)C1. The van der Waals surface area contributed by atoms with Crippen LogP contribution in [-0.2, 0) is 9.59 Å². The Kier molecular flexibility index (Phi) is 5.91. The fraction of sp³-hybridized carbons (Fsp3) is 0.833. The number of carbonyl (C=O) groups is 2. The Morgan fingerprint density at radius 2 is 1.86 bits per heavy atom. The van der Waals surface area contributed by atoms with Gasteiger partial charge in [0.05, 0.1) is 5.92 Å². The number of alkyl halides is 5. The van der Waals surface area contributed by atoms with Crippen molar-refractivity contribution in [3.63, 3.8) is 0 Å². The van der Waals surface area contributed by atoms with Gasteiger partial charge in [0.2, 0.25) is 12.3 Å². The van der Waals surface area contributed by atoms with E-state index in [0.29, 0.717) is 0 Å². The Balaban J connectivity index is 2.63. The van der Waals surface area contributed by atoms with Crippen LogP contribution in [0.1, 0.15) is 32.1 Å². The minimum absolute atomic E-state index is 0.0767. The topological polar surface area (TPSA) is 66.4 Å². The largest absolute Gasteiger partial charge is 0.480 e. The van der Waals surface area contributed by atoms with Gasteiger partial charge in [-0.25, -0.2) is 13.6 Å². The van der Waals surface area contributed by atoms with Crippen molar-refractivity contribution in [1.29, 1.82) is 0 Å². The molecule has 9 heteroatoms. The average molecular weight is 317 g/mol. The van der Waals surface area contributed by atoms with Crippen LogP contribution < -0.4 is 5.32 Å². The van der Waals surface area contributed by atoms with E-state index in [1.807, 2.05) is 5.32 Å². The second kappa shape index (κ2) is 7.04. The lowest BCUT2D eigenvalue weighted by atomic mass is 9.80. The summed E-state index contributed by atoms with van der Waals surface area (Å²) in [5, 5.41) is 10.6. The fourth-order valence-corrected chi connectivity index (χ4v) is 2.41. The second-order valence-electron chi connectivity index (χ2n) is 5.13. The predicted octanol–water partition coefficient (Wildman–Crippen LogP) is 2.58. The zero-order valence-corrected chi connectivity index (χ0v) is 11.0. The van der Waals surface area contributed by atoms with Gasteiger partial charge in [-0.15, -0.1) is 0 Å². The number of aliphatic carboxylic acids is 1. The molecule has 1 rings (SSSR count). The Morgan fingerprint density at radius 3 is 2.33 bits per heavy atom. The lowest BCUT2D eigenvalue weighted by Gasteiger charge is -2.30. The average Bonchev–Trinajstić information content (AvgIpc) is 2.36. The van der Waals surface area contributed by atoms with Gasteiger partial charge in [-0.05, 0) is 19.3 Å². The molecule has 0 bridgehead atoms.